The summed E-state index contributed by atoms with van der Waals surface area (Å²) in [6.45, 7) is 5.51. The summed E-state index contributed by atoms with van der Waals surface area (Å²) in [5.74, 6) is 0.820. The molecule has 1 amide bonds. The molecule has 5 nitrogen and oxygen atoms in total. The van der Waals surface area contributed by atoms with Crippen molar-refractivity contribution in [3.8, 4) is 0 Å². The van der Waals surface area contributed by atoms with Crippen LogP contribution in [0, 0.1) is 0 Å². The fourth-order valence-electron chi connectivity index (χ4n) is 2.18. The van der Waals surface area contributed by atoms with Gasteiger partial charge in [0.2, 0.25) is 5.91 Å². The van der Waals surface area contributed by atoms with Gasteiger partial charge < -0.3 is 16.0 Å². The van der Waals surface area contributed by atoms with Crippen molar-refractivity contribution in [1.82, 2.24) is 16.0 Å². The summed E-state index contributed by atoms with van der Waals surface area (Å²) in [5, 5.41) is 9.41. The topological polar surface area (TPSA) is 65.5 Å². The molecule has 136 valence electrons. The predicted molar refractivity (Wildman–Crippen MR) is 112 cm³/mol. The number of aliphatic imine (C=N–C) groups is 1. The summed E-state index contributed by atoms with van der Waals surface area (Å²) in [5.41, 5.74) is 1.34. The maximum atomic E-state index is 11.5. The molecule has 0 spiro atoms. The second kappa shape index (κ2) is 14.1. The quantitative estimate of drug-likeness (QED) is 0.311. The number of guanidine groups is 1. The van der Waals surface area contributed by atoms with Crippen molar-refractivity contribution in [3.05, 3.63) is 35.9 Å². The van der Waals surface area contributed by atoms with Crippen molar-refractivity contribution in [3.63, 3.8) is 0 Å². The first-order chi connectivity index (χ1) is 11.2. The molecular weight excluding hydrogens is 415 g/mol. The largest absolute Gasteiger partial charge is 0.356 e. The highest BCUT2D eigenvalue weighted by Crippen LogP contribution is 2.04. The van der Waals surface area contributed by atoms with E-state index in [0.717, 1.165) is 31.8 Å². The predicted octanol–water partition coefficient (Wildman–Crippen LogP) is 2.71. The third kappa shape index (κ3) is 10.5. The minimum Gasteiger partial charge on any atom is -0.356 e. The molecule has 0 saturated carbocycles. The highest BCUT2D eigenvalue weighted by atomic mass is 127. The lowest BCUT2D eigenvalue weighted by Gasteiger charge is -2.18. The number of hydrogen-bond donors (Lipinski definition) is 3. The summed E-state index contributed by atoms with van der Waals surface area (Å²) in [7, 11) is 1.75. The van der Waals surface area contributed by atoms with E-state index in [2.05, 4.69) is 52.1 Å². The molecule has 1 unspecified atom stereocenters. The smallest absolute Gasteiger partial charge is 0.221 e. The molecule has 1 atom stereocenters. The van der Waals surface area contributed by atoms with E-state index in [0.29, 0.717) is 19.0 Å². The zero-order valence-corrected chi connectivity index (χ0v) is 17.3. The first-order valence-electron chi connectivity index (χ1n) is 8.43. The molecule has 1 aromatic rings. The third-order valence-electron chi connectivity index (χ3n) is 3.53. The van der Waals surface area contributed by atoms with Crippen LogP contribution in [0.2, 0.25) is 0 Å². The number of carbonyl (C=O) groups excluding carboxylic acids is 1. The van der Waals surface area contributed by atoms with Crippen LogP contribution in [0.1, 0.15) is 38.7 Å². The van der Waals surface area contributed by atoms with Crippen molar-refractivity contribution in [2.24, 2.45) is 4.99 Å². The number of benzene rings is 1. The van der Waals surface area contributed by atoms with Crippen molar-refractivity contribution >= 4 is 35.8 Å². The minimum atomic E-state index is 0. The molecule has 6 heteroatoms. The number of rotatable bonds is 9. The molecule has 1 rings (SSSR count). The van der Waals surface area contributed by atoms with E-state index in [1.165, 1.54) is 5.56 Å². The van der Waals surface area contributed by atoms with Crippen LogP contribution in [-0.4, -0.2) is 38.0 Å². The van der Waals surface area contributed by atoms with Crippen molar-refractivity contribution < 1.29 is 4.79 Å². The Balaban J connectivity index is 0.00000529. The second-order valence-corrected chi connectivity index (χ2v) is 5.67. The molecule has 0 saturated heterocycles. The zero-order valence-electron chi connectivity index (χ0n) is 15.0. The Morgan fingerprint density at radius 3 is 2.50 bits per heavy atom. The van der Waals surface area contributed by atoms with E-state index >= 15 is 0 Å². The third-order valence-corrected chi connectivity index (χ3v) is 3.53. The van der Waals surface area contributed by atoms with E-state index in [4.69, 9.17) is 0 Å². The zero-order chi connectivity index (χ0) is 16.9. The molecule has 0 aliphatic carbocycles. The number of hydrogen-bond acceptors (Lipinski definition) is 2. The Bertz CT molecular complexity index is 479. The molecule has 24 heavy (non-hydrogen) atoms. The Labute approximate surface area is 163 Å². The van der Waals surface area contributed by atoms with E-state index in [9.17, 15) is 4.79 Å². The first kappa shape index (κ1) is 22.7. The van der Waals surface area contributed by atoms with Crippen LogP contribution in [0.15, 0.2) is 35.3 Å². The monoisotopic (exact) mass is 446 g/mol. The number of nitrogens with one attached hydrogen (secondary N) is 3. The first-order valence-corrected chi connectivity index (χ1v) is 8.43. The number of halogens is 1. The van der Waals surface area contributed by atoms with Crippen LogP contribution >= 0.6 is 24.0 Å². The Morgan fingerprint density at radius 1 is 1.17 bits per heavy atom. The van der Waals surface area contributed by atoms with Gasteiger partial charge in [0.25, 0.3) is 0 Å². The highest BCUT2D eigenvalue weighted by molar-refractivity contribution is 14.0. The van der Waals surface area contributed by atoms with Gasteiger partial charge in [0.15, 0.2) is 5.96 Å². The molecule has 3 N–H and O–H groups in total. The Kier molecular flexibility index (Phi) is 13.3. The van der Waals surface area contributed by atoms with Gasteiger partial charge in [0, 0.05) is 32.6 Å². The average Bonchev–Trinajstić information content (AvgIpc) is 2.58. The van der Waals surface area contributed by atoms with E-state index in [1.807, 2.05) is 13.0 Å². The van der Waals surface area contributed by atoms with E-state index in [1.54, 1.807) is 7.05 Å². The number of nitrogens with zero attached hydrogens (tertiary/aromatic N) is 1. The van der Waals surface area contributed by atoms with Gasteiger partial charge >= 0.3 is 0 Å². The average molecular weight is 446 g/mol. The van der Waals surface area contributed by atoms with Crippen LogP contribution in [0.3, 0.4) is 0 Å². The maximum absolute atomic E-state index is 11.5. The van der Waals surface area contributed by atoms with Crippen molar-refractivity contribution in [2.75, 3.05) is 20.1 Å². The van der Waals surface area contributed by atoms with Crippen LogP contribution in [0.4, 0.5) is 0 Å². The Hall–Kier alpha value is -1.31. The van der Waals surface area contributed by atoms with Gasteiger partial charge in [-0.2, -0.15) is 0 Å². The molecule has 0 heterocycles. The molecule has 0 bridgehead atoms. The van der Waals surface area contributed by atoms with E-state index < -0.39 is 0 Å². The fourth-order valence-corrected chi connectivity index (χ4v) is 2.18. The van der Waals surface area contributed by atoms with Crippen molar-refractivity contribution in [1.29, 1.82) is 0 Å². The molecule has 1 aromatic carbocycles. The summed E-state index contributed by atoms with van der Waals surface area (Å²) in [6.07, 6.45) is 3.48. The van der Waals surface area contributed by atoms with Crippen LogP contribution in [0.25, 0.3) is 0 Å². The van der Waals surface area contributed by atoms with E-state index in [-0.39, 0.29) is 29.9 Å². The van der Waals surface area contributed by atoms with Crippen LogP contribution in [0.5, 0.6) is 0 Å². The Morgan fingerprint density at radius 2 is 1.88 bits per heavy atom. The summed E-state index contributed by atoms with van der Waals surface area (Å²) < 4.78 is 0. The highest BCUT2D eigenvalue weighted by Gasteiger charge is 2.06. The van der Waals surface area contributed by atoms with Crippen molar-refractivity contribution in [2.45, 2.75) is 45.6 Å². The minimum absolute atomic E-state index is 0. The summed E-state index contributed by atoms with van der Waals surface area (Å²) >= 11 is 0. The molecular formula is C18H31IN4O. The number of carbonyl (C=O) groups is 1. The lowest BCUT2D eigenvalue weighted by atomic mass is 10.1. The molecule has 0 radical (unpaired) electrons. The van der Waals surface area contributed by atoms with Gasteiger partial charge in [-0.1, -0.05) is 37.3 Å². The fraction of sp³-hybridized carbons (Fsp3) is 0.556. The van der Waals surface area contributed by atoms with Gasteiger partial charge in [-0.05, 0) is 31.7 Å². The lowest BCUT2D eigenvalue weighted by Crippen LogP contribution is -2.43. The van der Waals surface area contributed by atoms with Gasteiger partial charge in [-0.25, -0.2) is 0 Å². The van der Waals surface area contributed by atoms with Gasteiger partial charge in [0.1, 0.15) is 0 Å². The molecule has 0 aliphatic rings. The molecule has 0 aliphatic heterocycles. The summed E-state index contributed by atoms with van der Waals surface area (Å²) in [6, 6.07) is 10.8. The van der Waals surface area contributed by atoms with Crippen LogP contribution in [-0.2, 0) is 11.2 Å². The summed E-state index contributed by atoms with van der Waals surface area (Å²) in [4.78, 5) is 15.7. The standard InChI is InChI=1S/C18H30N4O.HI/c1-4-13-20-17(23)12-14-21-18(19-3)22-15(2)10-11-16-8-6-5-7-9-16;/h5-9,15H,4,10-14H2,1-3H3,(H,20,23)(H2,19,21,22);1H. The van der Waals surface area contributed by atoms with Gasteiger partial charge in [-0.3, -0.25) is 9.79 Å². The van der Waals surface area contributed by atoms with Gasteiger partial charge in [-0.15, -0.1) is 24.0 Å². The lowest BCUT2D eigenvalue weighted by molar-refractivity contribution is -0.120. The number of amides is 1. The SMILES string of the molecule is CCCNC(=O)CCNC(=NC)NC(C)CCc1ccccc1.I. The molecule has 0 fully saturated rings. The van der Waals surface area contributed by atoms with Gasteiger partial charge in [0.05, 0.1) is 0 Å². The number of aryl methyl sites for hydroxylation is 1. The molecule has 0 aromatic heterocycles. The second-order valence-electron chi connectivity index (χ2n) is 5.67. The van der Waals surface area contributed by atoms with Crippen LogP contribution < -0.4 is 16.0 Å². The normalized spacial score (nSPS) is 12.0. The maximum Gasteiger partial charge on any atom is 0.221 e.